The van der Waals surface area contributed by atoms with Gasteiger partial charge in [0.25, 0.3) is 0 Å². The van der Waals surface area contributed by atoms with Gasteiger partial charge in [-0.1, -0.05) is 0 Å². The molecule has 254 valence electrons. The fourth-order valence-corrected chi connectivity index (χ4v) is 4.87. The molecule has 0 spiro atoms. The summed E-state index contributed by atoms with van der Waals surface area (Å²) < 4.78 is 294. The maximum atomic E-state index is 15.4. The van der Waals surface area contributed by atoms with Crippen LogP contribution in [0.3, 0.4) is 0 Å². The Labute approximate surface area is 263 Å². The Kier molecular flexibility index (Phi) is 11.7. The van der Waals surface area contributed by atoms with Gasteiger partial charge in [-0.05, 0) is 0 Å². The molecule has 23 heteroatoms. The van der Waals surface area contributed by atoms with Gasteiger partial charge in [-0.15, -0.1) is 21.9 Å². The third kappa shape index (κ3) is 5.28. The van der Waals surface area contributed by atoms with Gasteiger partial charge in [0.05, 0.1) is 0 Å². The van der Waals surface area contributed by atoms with E-state index in [4.69, 9.17) is 5.11 Å². The van der Waals surface area contributed by atoms with Gasteiger partial charge in [-0.25, -0.2) is 87.8 Å². The molecular weight excluding hydrogens is 714 g/mol. The van der Waals surface area contributed by atoms with Crippen molar-refractivity contribution in [3.05, 3.63) is 116 Å². The van der Waals surface area contributed by atoms with E-state index in [1.54, 1.807) is 0 Å². The first-order chi connectivity index (χ1) is 21.7. The number of aliphatic hydroxyl groups excluding tert-OH is 1. The quantitative estimate of drug-likeness (QED) is 0.149. The van der Waals surface area contributed by atoms with E-state index >= 15 is 35.1 Å². The number of benzene rings is 4. The molecule has 0 aliphatic rings. The fourth-order valence-electron chi connectivity index (χ4n) is 4.87. The van der Waals surface area contributed by atoms with Gasteiger partial charge < -0.3 is 5.11 Å². The van der Waals surface area contributed by atoms with Crippen molar-refractivity contribution in [1.82, 2.24) is 0 Å². The van der Waals surface area contributed by atoms with E-state index in [9.17, 15) is 52.7 Å². The van der Waals surface area contributed by atoms with Crippen LogP contribution in [0.25, 0.3) is 0 Å². The third-order valence-corrected chi connectivity index (χ3v) is 6.71. The van der Waals surface area contributed by atoms with Gasteiger partial charge in [0, 0.05) is 7.11 Å². The zero-order chi connectivity index (χ0) is 36.4. The van der Waals surface area contributed by atoms with E-state index in [2.05, 4.69) is 0 Å². The summed E-state index contributed by atoms with van der Waals surface area (Å²) in [6.07, 6.45) is -7.22. The van der Waals surface area contributed by atoms with Crippen LogP contribution in [0.5, 0.6) is 0 Å². The summed E-state index contributed by atoms with van der Waals surface area (Å²) in [7, 11) is 1.00. The maximum Gasteiger partial charge on any atom is 1.00 e. The topological polar surface area (TPSA) is 20.2 Å². The molecule has 0 aromatic heterocycles. The zero-order valence-electron chi connectivity index (χ0n) is 22.6. The summed E-state index contributed by atoms with van der Waals surface area (Å²) in [5.74, 6) is -71.4. The summed E-state index contributed by atoms with van der Waals surface area (Å²) >= 11 is 0. The second kappa shape index (κ2) is 13.9. The number of halogens is 20. The summed E-state index contributed by atoms with van der Waals surface area (Å²) in [4.78, 5) is 0. The van der Waals surface area contributed by atoms with Gasteiger partial charge in [-0.3, -0.25) is 0 Å². The first kappa shape index (κ1) is 40.3. The van der Waals surface area contributed by atoms with Crippen molar-refractivity contribution in [2.24, 2.45) is 0 Å². The minimum absolute atomic E-state index is 0. The largest absolute Gasteiger partial charge is 1.00 e. The number of hydrogen-bond donors (Lipinski definition) is 1. The van der Waals surface area contributed by atoms with Crippen molar-refractivity contribution in [3.63, 3.8) is 0 Å². The van der Waals surface area contributed by atoms with Gasteiger partial charge in [0.1, 0.15) is 52.7 Å². The Morgan fingerprint density at radius 2 is 0.312 bits per heavy atom. The molecule has 1 N–H and O–H groups in total. The average Bonchev–Trinajstić information content (AvgIpc) is 3.05. The minimum atomic E-state index is -7.22. The molecule has 0 fully saturated rings. The van der Waals surface area contributed by atoms with Crippen LogP contribution in [0, 0.1) is 116 Å². The second-order valence-corrected chi connectivity index (χ2v) is 8.80. The van der Waals surface area contributed by atoms with E-state index in [-0.39, 0.29) is 18.9 Å². The molecule has 4 aromatic carbocycles. The minimum Gasteiger partial charge on any atom is -0.400 e. The molecule has 0 saturated carbocycles. The van der Waals surface area contributed by atoms with Crippen molar-refractivity contribution in [2.45, 2.75) is 0 Å². The molecule has 0 unspecified atom stereocenters. The summed E-state index contributed by atoms with van der Waals surface area (Å²) in [5, 5.41) is 7.00. The molecule has 0 heterocycles. The summed E-state index contributed by atoms with van der Waals surface area (Å²) in [6.45, 7) is 0. The molecule has 0 atom stereocenters. The van der Waals surface area contributed by atoms with Gasteiger partial charge in [0.15, 0.2) is 69.8 Å². The molecule has 0 radical (unpaired) electrons. The van der Waals surface area contributed by atoms with E-state index in [1.807, 2.05) is 0 Å². The van der Waals surface area contributed by atoms with Gasteiger partial charge >= 0.3 is 18.9 Å². The van der Waals surface area contributed by atoms with Crippen LogP contribution >= 0.6 is 0 Å². The van der Waals surface area contributed by atoms with E-state index in [1.165, 1.54) is 0 Å². The number of rotatable bonds is 4. The first-order valence-corrected chi connectivity index (χ1v) is 11.4. The molecule has 48 heavy (non-hydrogen) atoms. The second-order valence-electron chi connectivity index (χ2n) is 8.80. The van der Waals surface area contributed by atoms with Crippen molar-refractivity contribution in [2.75, 3.05) is 7.11 Å². The Morgan fingerprint density at radius 1 is 0.229 bits per heavy atom. The Morgan fingerprint density at radius 3 is 0.417 bits per heavy atom. The van der Waals surface area contributed by atoms with Crippen LogP contribution < -0.4 is 40.7 Å². The SMILES string of the molecule is CO.Fc1c(F)c(F)c([B-](c2c(F)c(F)c(F)c(F)c2F)(c2c(F)c(F)c(F)c(F)c2F)c2c(F)c(F)c(F)c(F)c2F)c(F)c1F.[Li+]. The number of hydrogen-bond acceptors (Lipinski definition) is 1. The predicted octanol–water partition coefficient (Wildman–Crippen LogP) is 2.46. The monoisotopic (exact) mass is 718 g/mol. The van der Waals surface area contributed by atoms with Crippen LogP contribution in [0.15, 0.2) is 0 Å². The smallest absolute Gasteiger partial charge is 0.400 e. The maximum absolute atomic E-state index is 15.4. The molecule has 4 rings (SSSR count). The first-order valence-electron chi connectivity index (χ1n) is 11.4. The van der Waals surface area contributed by atoms with Crippen LogP contribution in [0.1, 0.15) is 0 Å². The molecule has 0 bridgehead atoms. The van der Waals surface area contributed by atoms with E-state index in [0.717, 1.165) is 7.11 Å². The molecule has 0 amide bonds. The number of aliphatic hydroxyl groups is 1. The zero-order valence-corrected chi connectivity index (χ0v) is 22.6. The molecular formula is C25H4BF20LiO. The summed E-state index contributed by atoms with van der Waals surface area (Å²) in [5.41, 5.74) is -14.3. The van der Waals surface area contributed by atoms with Gasteiger partial charge in [0.2, 0.25) is 0 Å². The van der Waals surface area contributed by atoms with Crippen molar-refractivity contribution >= 4 is 28.0 Å². The molecule has 4 aromatic rings. The molecule has 1 nitrogen and oxygen atoms in total. The van der Waals surface area contributed by atoms with Crippen molar-refractivity contribution < 1.29 is 112 Å². The van der Waals surface area contributed by atoms with Gasteiger partial charge in [-0.2, -0.15) is 0 Å². The van der Waals surface area contributed by atoms with Crippen LogP contribution in [0.4, 0.5) is 87.8 Å². The fraction of sp³-hybridized carbons (Fsp3) is 0.0400. The Balaban J connectivity index is 0.00000262. The molecule has 0 aliphatic carbocycles. The van der Waals surface area contributed by atoms with Crippen LogP contribution in [0.2, 0.25) is 0 Å². The van der Waals surface area contributed by atoms with Crippen LogP contribution in [-0.4, -0.2) is 18.4 Å². The van der Waals surface area contributed by atoms with E-state index < -0.39 is 144 Å². The normalized spacial score (nSPS) is 11.4. The van der Waals surface area contributed by atoms with Crippen molar-refractivity contribution in [3.8, 4) is 0 Å². The predicted molar refractivity (Wildman–Crippen MR) is 117 cm³/mol. The standard InChI is InChI=1S/C24BF20.CH4O.Li/c26-5-1(6(27)14(35)21(42)13(5)34)25(2-7(28)15(36)22(43)16(37)8(2)29,3-9(30)17(38)23(44)18(39)10(3)31)4-11(32)19(40)24(45)20(41)12(4)33;1-2;/h;2H,1H3;/q-1;;+1. The average molecular weight is 718 g/mol. The third-order valence-electron chi connectivity index (χ3n) is 6.71. The Hall–Kier alpha value is -3.90. The Bertz CT molecular complexity index is 1580. The van der Waals surface area contributed by atoms with E-state index in [0.29, 0.717) is 0 Å². The summed E-state index contributed by atoms with van der Waals surface area (Å²) in [6, 6.07) is 0. The van der Waals surface area contributed by atoms with Crippen LogP contribution in [-0.2, 0) is 0 Å². The van der Waals surface area contributed by atoms with Crippen molar-refractivity contribution in [1.29, 1.82) is 0 Å². The molecule has 0 saturated heterocycles. The molecule has 0 aliphatic heterocycles.